The third kappa shape index (κ3) is 2.96. The smallest absolute Gasteiger partial charge is 0.207 e. The second kappa shape index (κ2) is 5.81. The molecular weight excluding hydrogens is 282 g/mol. The standard InChI is InChI=1S/C14H20ClNO2S/c1-3-11-5-8-14(9-12(11)10-15)19(17,18)16(4-2)13-6-7-13/h5,8-9,13H,3-4,6-7,10H2,1-2H3. The van der Waals surface area contributed by atoms with Gasteiger partial charge in [-0.2, -0.15) is 4.31 Å². The van der Waals surface area contributed by atoms with Crippen molar-refractivity contribution in [3.63, 3.8) is 0 Å². The lowest BCUT2D eigenvalue weighted by atomic mass is 10.1. The Morgan fingerprint density at radius 1 is 1.26 bits per heavy atom. The molecule has 0 aromatic heterocycles. The van der Waals surface area contributed by atoms with Gasteiger partial charge in [0.2, 0.25) is 10.0 Å². The summed E-state index contributed by atoms with van der Waals surface area (Å²) in [6.07, 6.45) is 2.81. The number of nitrogens with zero attached hydrogens (tertiary/aromatic N) is 1. The van der Waals surface area contributed by atoms with Gasteiger partial charge in [-0.05, 0) is 42.5 Å². The number of halogens is 1. The minimum Gasteiger partial charge on any atom is -0.207 e. The van der Waals surface area contributed by atoms with Gasteiger partial charge in [0, 0.05) is 18.5 Å². The van der Waals surface area contributed by atoms with Crippen molar-refractivity contribution >= 4 is 21.6 Å². The molecule has 0 bridgehead atoms. The van der Waals surface area contributed by atoms with E-state index >= 15 is 0 Å². The first-order valence-electron chi connectivity index (χ1n) is 6.74. The lowest BCUT2D eigenvalue weighted by molar-refractivity contribution is 0.421. The summed E-state index contributed by atoms with van der Waals surface area (Å²) in [4.78, 5) is 0.370. The topological polar surface area (TPSA) is 37.4 Å². The molecule has 0 unspecified atom stereocenters. The minimum absolute atomic E-state index is 0.195. The van der Waals surface area contributed by atoms with E-state index in [2.05, 4.69) is 0 Å². The fraction of sp³-hybridized carbons (Fsp3) is 0.571. The first kappa shape index (κ1) is 14.8. The van der Waals surface area contributed by atoms with Crippen LogP contribution >= 0.6 is 11.6 Å². The molecule has 3 nitrogen and oxygen atoms in total. The van der Waals surface area contributed by atoms with Gasteiger partial charge in [-0.15, -0.1) is 11.6 Å². The van der Waals surface area contributed by atoms with Gasteiger partial charge in [0.25, 0.3) is 0 Å². The lowest BCUT2D eigenvalue weighted by Crippen LogP contribution is -2.33. The van der Waals surface area contributed by atoms with Crippen LogP contribution in [-0.2, 0) is 22.3 Å². The largest absolute Gasteiger partial charge is 0.243 e. The van der Waals surface area contributed by atoms with E-state index in [4.69, 9.17) is 11.6 Å². The highest BCUT2D eigenvalue weighted by Gasteiger charge is 2.36. The zero-order valence-corrected chi connectivity index (χ0v) is 13.0. The van der Waals surface area contributed by atoms with Gasteiger partial charge in [-0.1, -0.05) is 19.9 Å². The Morgan fingerprint density at radius 2 is 1.95 bits per heavy atom. The van der Waals surface area contributed by atoms with Crippen LogP contribution in [0.3, 0.4) is 0 Å². The molecule has 1 aromatic carbocycles. The van der Waals surface area contributed by atoms with Crippen molar-refractivity contribution in [1.29, 1.82) is 0 Å². The first-order valence-corrected chi connectivity index (χ1v) is 8.71. The molecule has 0 heterocycles. The third-order valence-corrected chi connectivity index (χ3v) is 5.89. The van der Waals surface area contributed by atoms with Crippen LogP contribution in [0, 0.1) is 0 Å². The molecule has 1 saturated carbocycles. The van der Waals surface area contributed by atoms with Gasteiger partial charge in [0.1, 0.15) is 0 Å². The number of rotatable bonds is 6. The van der Waals surface area contributed by atoms with Crippen LogP contribution in [0.4, 0.5) is 0 Å². The Labute approximate surface area is 120 Å². The summed E-state index contributed by atoms with van der Waals surface area (Å²) in [5.41, 5.74) is 2.03. The number of sulfonamides is 1. The van der Waals surface area contributed by atoms with E-state index in [1.807, 2.05) is 19.9 Å². The maximum atomic E-state index is 12.6. The summed E-state index contributed by atoms with van der Waals surface area (Å²) in [6.45, 7) is 4.46. The van der Waals surface area contributed by atoms with Crippen molar-refractivity contribution in [2.75, 3.05) is 6.54 Å². The number of hydrogen-bond donors (Lipinski definition) is 0. The molecule has 0 radical (unpaired) electrons. The Morgan fingerprint density at radius 3 is 2.42 bits per heavy atom. The predicted molar refractivity (Wildman–Crippen MR) is 78.0 cm³/mol. The molecule has 1 aliphatic rings. The number of alkyl halides is 1. The molecule has 0 spiro atoms. The second-order valence-corrected chi connectivity index (χ2v) is 7.02. The molecule has 2 rings (SSSR count). The summed E-state index contributed by atoms with van der Waals surface area (Å²) in [7, 11) is -3.37. The van der Waals surface area contributed by atoms with Crippen LogP contribution in [0.2, 0.25) is 0 Å². The highest BCUT2D eigenvalue weighted by atomic mass is 35.5. The van der Waals surface area contributed by atoms with E-state index in [1.54, 1.807) is 16.4 Å². The lowest BCUT2D eigenvalue weighted by Gasteiger charge is -2.20. The normalized spacial score (nSPS) is 16.0. The summed E-state index contributed by atoms with van der Waals surface area (Å²) >= 11 is 5.91. The first-order chi connectivity index (χ1) is 9.04. The SMILES string of the molecule is CCc1ccc(S(=O)(=O)N(CC)C2CC2)cc1CCl. The average Bonchev–Trinajstić information content (AvgIpc) is 3.23. The van der Waals surface area contributed by atoms with Crippen molar-refractivity contribution < 1.29 is 8.42 Å². The van der Waals surface area contributed by atoms with E-state index in [0.717, 1.165) is 30.4 Å². The molecule has 1 aromatic rings. The van der Waals surface area contributed by atoms with Crippen molar-refractivity contribution in [3.05, 3.63) is 29.3 Å². The van der Waals surface area contributed by atoms with E-state index < -0.39 is 10.0 Å². The highest BCUT2D eigenvalue weighted by molar-refractivity contribution is 7.89. The number of aryl methyl sites for hydroxylation is 1. The van der Waals surface area contributed by atoms with Crippen LogP contribution < -0.4 is 0 Å². The molecule has 1 fully saturated rings. The Kier molecular flexibility index (Phi) is 4.54. The van der Waals surface area contributed by atoms with Crippen molar-refractivity contribution in [1.82, 2.24) is 4.31 Å². The summed E-state index contributed by atoms with van der Waals surface area (Å²) < 4.78 is 26.8. The van der Waals surface area contributed by atoms with Gasteiger partial charge < -0.3 is 0 Å². The zero-order valence-electron chi connectivity index (χ0n) is 11.4. The van der Waals surface area contributed by atoms with Crippen molar-refractivity contribution in [2.45, 2.75) is 49.9 Å². The number of benzene rings is 1. The fourth-order valence-corrected chi connectivity index (χ4v) is 4.35. The van der Waals surface area contributed by atoms with E-state index in [0.29, 0.717) is 17.3 Å². The summed E-state index contributed by atoms with van der Waals surface area (Å²) in [6, 6.07) is 5.51. The molecule has 0 atom stereocenters. The van der Waals surface area contributed by atoms with E-state index in [9.17, 15) is 8.42 Å². The van der Waals surface area contributed by atoms with Crippen LogP contribution in [0.1, 0.15) is 37.8 Å². The molecule has 19 heavy (non-hydrogen) atoms. The summed E-state index contributed by atoms with van der Waals surface area (Å²) in [5.74, 6) is 0.349. The monoisotopic (exact) mass is 301 g/mol. The Bertz CT molecular complexity index is 553. The van der Waals surface area contributed by atoms with Crippen molar-refractivity contribution in [2.24, 2.45) is 0 Å². The van der Waals surface area contributed by atoms with Crippen molar-refractivity contribution in [3.8, 4) is 0 Å². The Hall–Kier alpha value is -0.580. The molecule has 0 N–H and O–H groups in total. The van der Waals surface area contributed by atoms with Gasteiger partial charge in [0.05, 0.1) is 4.90 Å². The van der Waals surface area contributed by atoms with Crippen LogP contribution in [-0.4, -0.2) is 25.3 Å². The molecule has 0 saturated heterocycles. The number of hydrogen-bond acceptors (Lipinski definition) is 2. The highest BCUT2D eigenvalue weighted by Crippen LogP contribution is 2.32. The van der Waals surface area contributed by atoms with Crippen LogP contribution in [0.25, 0.3) is 0 Å². The van der Waals surface area contributed by atoms with Gasteiger partial charge in [-0.3, -0.25) is 0 Å². The van der Waals surface area contributed by atoms with Crippen LogP contribution in [0.5, 0.6) is 0 Å². The van der Waals surface area contributed by atoms with E-state index in [1.165, 1.54) is 0 Å². The Balaban J connectivity index is 2.39. The second-order valence-electron chi connectivity index (χ2n) is 4.86. The molecule has 106 valence electrons. The average molecular weight is 302 g/mol. The molecule has 0 aliphatic heterocycles. The van der Waals surface area contributed by atoms with Gasteiger partial charge in [-0.25, -0.2) is 8.42 Å². The third-order valence-electron chi connectivity index (χ3n) is 3.58. The molecule has 0 amide bonds. The predicted octanol–water partition coefficient (Wildman–Crippen LogP) is 3.16. The van der Waals surface area contributed by atoms with Crippen LogP contribution in [0.15, 0.2) is 23.1 Å². The quantitative estimate of drug-likeness (QED) is 0.757. The van der Waals surface area contributed by atoms with E-state index in [-0.39, 0.29) is 6.04 Å². The maximum Gasteiger partial charge on any atom is 0.243 e. The van der Waals surface area contributed by atoms with Gasteiger partial charge in [0.15, 0.2) is 0 Å². The molecule has 1 aliphatic carbocycles. The minimum atomic E-state index is -3.37. The molecule has 5 heteroatoms. The maximum absolute atomic E-state index is 12.6. The fourth-order valence-electron chi connectivity index (χ4n) is 2.35. The molecular formula is C14H20ClNO2S. The summed E-state index contributed by atoms with van der Waals surface area (Å²) in [5, 5.41) is 0. The zero-order chi connectivity index (χ0) is 14.0. The van der Waals surface area contributed by atoms with Gasteiger partial charge >= 0.3 is 0 Å².